The maximum absolute atomic E-state index is 11.8. The van der Waals surface area contributed by atoms with Gasteiger partial charge in [0.1, 0.15) is 5.56 Å². The Morgan fingerprint density at radius 3 is 2.52 bits per heavy atom. The molecule has 0 atom stereocenters. The first kappa shape index (κ1) is 20.1. The fraction of sp³-hybridized carbons (Fsp3) is 0.240. The molecule has 0 unspecified atom stereocenters. The van der Waals surface area contributed by atoms with E-state index in [-0.39, 0.29) is 11.6 Å². The number of benzene rings is 3. The van der Waals surface area contributed by atoms with Gasteiger partial charge in [-0.3, -0.25) is 4.90 Å². The molecule has 31 heavy (non-hydrogen) atoms. The molecule has 1 N–H and O–H groups in total. The van der Waals surface area contributed by atoms with E-state index < -0.39 is 5.97 Å². The van der Waals surface area contributed by atoms with Crippen molar-refractivity contribution in [1.29, 1.82) is 0 Å². The lowest BCUT2D eigenvalue weighted by atomic mass is 9.98. The standard InChI is InChI=1S/C25H23BrN2O3/c26-18-9-10-21-23(15-18)31-24-20(25(29)30)7-4-8-22(24)28(21)19-11-13-27(14-12-19)16-17-5-2-1-3-6-17/h1-10,15,19H,11-14,16H2,(H,29,30). The van der Waals surface area contributed by atoms with Gasteiger partial charge in [0.2, 0.25) is 0 Å². The molecule has 5 rings (SSSR count). The quantitative estimate of drug-likeness (QED) is 0.494. The summed E-state index contributed by atoms with van der Waals surface area (Å²) in [4.78, 5) is 16.6. The highest BCUT2D eigenvalue weighted by atomic mass is 79.9. The molecule has 1 saturated heterocycles. The minimum absolute atomic E-state index is 0.189. The molecular formula is C25H23BrN2O3. The normalized spacial score (nSPS) is 16.4. The number of likely N-dealkylation sites (tertiary alicyclic amines) is 1. The van der Waals surface area contributed by atoms with Gasteiger partial charge >= 0.3 is 5.97 Å². The van der Waals surface area contributed by atoms with Crippen LogP contribution in [0.3, 0.4) is 0 Å². The van der Waals surface area contributed by atoms with E-state index in [2.05, 4.69) is 50.0 Å². The minimum Gasteiger partial charge on any atom is -0.478 e. The molecule has 0 bridgehead atoms. The third-order valence-electron chi connectivity index (χ3n) is 6.05. The molecule has 3 aromatic rings. The zero-order valence-electron chi connectivity index (χ0n) is 17.0. The predicted octanol–water partition coefficient (Wildman–Crippen LogP) is 6.06. The third-order valence-corrected chi connectivity index (χ3v) is 6.54. The minimum atomic E-state index is -0.979. The summed E-state index contributed by atoms with van der Waals surface area (Å²) in [6, 6.07) is 22.2. The van der Waals surface area contributed by atoms with Gasteiger partial charge in [-0.05, 0) is 48.7 Å². The van der Waals surface area contributed by atoms with Crippen LogP contribution in [0, 0.1) is 0 Å². The number of nitrogens with zero attached hydrogens (tertiary/aromatic N) is 2. The second-order valence-corrected chi connectivity index (χ2v) is 8.95. The van der Waals surface area contributed by atoms with Crippen molar-refractivity contribution < 1.29 is 14.6 Å². The van der Waals surface area contributed by atoms with Crippen molar-refractivity contribution in [3.63, 3.8) is 0 Å². The molecule has 0 aliphatic carbocycles. The van der Waals surface area contributed by atoms with E-state index in [0.717, 1.165) is 48.3 Å². The number of rotatable bonds is 4. The molecule has 0 amide bonds. The van der Waals surface area contributed by atoms with Gasteiger partial charge in [-0.15, -0.1) is 0 Å². The molecule has 2 aliphatic heterocycles. The van der Waals surface area contributed by atoms with E-state index in [1.165, 1.54) is 5.56 Å². The molecule has 0 radical (unpaired) electrons. The fourth-order valence-corrected chi connectivity index (χ4v) is 4.91. The molecule has 0 aromatic heterocycles. The number of carboxylic acids is 1. The van der Waals surface area contributed by atoms with Gasteiger partial charge in [-0.1, -0.05) is 52.3 Å². The summed E-state index contributed by atoms with van der Waals surface area (Å²) >= 11 is 3.51. The Balaban J connectivity index is 1.44. The molecule has 0 spiro atoms. The van der Waals surface area contributed by atoms with E-state index >= 15 is 0 Å². The summed E-state index contributed by atoms with van der Waals surface area (Å²) in [5.74, 6) is 0.127. The maximum atomic E-state index is 11.8. The summed E-state index contributed by atoms with van der Waals surface area (Å²) in [7, 11) is 0. The van der Waals surface area contributed by atoms with E-state index in [9.17, 15) is 9.90 Å². The summed E-state index contributed by atoms with van der Waals surface area (Å²) in [6.07, 6.45) is 2.00. The molecule has 5 nitrogen and oxygen atoms in total. The van der Waals surface area contributed by atoms with Gasteiger partial charge in [-0.2, -0.15) is 0 Å². The lowest BCUT2D eigenvalue weighted by Gasteiger charge is -2.42. The van der Waals surface area contributed by atoms with Crippen molar-refractivity contribution in [3.8, 4) is 11.5 Å². The van der Waals surface area contributed by atoms with Gasteiger partial charge in [0.15, 0.2) is 11.5 Å². The Morgan fingerprint density at radius 1 is 1.00 bits per heavy atom. The van der Waals surface area contributed by atoms with Gasteiger partial charge < -0.3 is 14.7 Å². The van der Waals surface area contributed by atoms with Gasteiger partial charge in [0, 0.05) is 30.1 Å². The number of anilines is 2. The van der Waals surface area contributed by atoms with Crippen molar-refractivity contribution in [3.05, 3.63) is 82.3 Å². The number of piperidine rings is 1. The van der Waals surface area contributed by atoms with Crippen LogP contribution in [0.25, 0.3) is 0 Å². The topological polar surface area (TPSA) is 53.0 Å². The number of para-hydroxylation sites is 1. The SMILES string of the molecule is O=C(O)c1cccc2c1Oc1cc(Br)ccc1N2C1CCN(Cc2ccccc2)CC1. The zero-order valence-corrected chi connectivity index (χ0v) is 18.6. The van der Waals surface area contributed by atoms with Crippen LogP contribution in [-0.4, -0.2) is 35.1 Å². The molecule has 2 heterocycles. The zero-order chi connectivity index (χ0) is 21.4. The molecule has 1 fully saturated rings. The smallest absolute Gasteiger partial charge is 0.339 e. The number of hydrogen-bond acceptors (Lipinski definition) is 4. The van der Waals surface area contributed by atoms with Crippen molar-refractivity contribution in [1.82, 2.24) is 4.90 Å². The third kappa shape index (κ3) is 3.93. The number of fused-ring (bicyclic) bond motifs is 2. The lowest BCUT2D eigenvalue weighted by Crippen LogP contribution is -2.43. The first-order valence-corrected chi connectivity index (χ1v) is 11.3. The van der Waals surface area contributed by atoms with E-state index in [4.69, 9.17) is 4.74 Å². The molecule has 6 heteroatoms. The maximum Gasteiger partial charge on any atom is 0.339 e. The molecular weight excluding hydrogens is 456 g/mol. The van der Waals surface area contributed by atoms with Gasteiger partial charge in [0.25, 0.3) is 0 Å². The largest absolute Gasteiger partial charge is 0.478 e. The number of carboxylic acid groups (broad SMARTS) is 1. The first-order valence-electron chi connectivity index (χ1n) is 10.5. The highest BCUT2D eigenvalue weighted by Gasteiger charge is 2.34. The predicted molar refractivity (Wildman–Crippen MR) is 124 cm³/mol. The van der Waals surface area contributed by atoms with Crippen molar-refractivity contribution in [2.45, 2.75) is 25.4 Å². The Kier molecular flexibility index (Phi) is 5.42. The van der Waals surface area contributed by atoms with Crippen LogP contribution >= 0.6 is 15.9 Å². The highest BCUT2D eigenvalue weighted by molar-refractivity contribution is 9.10. The molecule has 3 aromatic carbocycles. The second-order valence-electron chi connectivity index (χ2n) is 8.04. The van der Waals surface area contributed by atoms with Crippen LogP contribution in [0.2, 0.25) is 0 Å². The van der Waals surface area contributed by atoms with E-state index in [1.54, 1.807) is 12.1 Å². The van der Waals surface area contributed by atoms with Crippen LogP contribution in [-0.2, 0) is 6.54 Å². The average molecular weight is 479 g/mol. The van der Waals surface area contributed by atoms with E-state index in [0.29, 0.717) is 11.5 Å². The van der Waals surface area contributed by atoms with Gasteiger partial charge in [0.05, 0.1) is 11.4 Å². The molecule has 0 saturated carbocycles. The van der Waals surface area contributed by atoms with Crippen molar-refractivity contribution >= 4 is 33.3 Å². The fourth-order valence-electron chi connectivity index (χ4n) is 4.57. The first-order chi connectivity index (χ1) is 15.1. The number of hydrogen-bond donors (Lipinski definition) is 1. The monoisotopic (exact) mass is 478 g/mol. The molecule has 158 valence electrons. The van der Waals surface area contributed by atoms with E-state index in [1.807, 2.05) is 30.3 Å². The van der Waals surface area contributed by atoms with Crippen LogP contribution < -0.4 is 9.64 Å². The summed E-state index contributed by atoms with van der Waals surface area (Å²) in [6.45, 7) is 2.95. The van der Waals surface area contributed by atoms with Crippen molar-refractivity contribution in [2.75, 3.05) is 18.0 Å². The molecule has 2 aliphatic rings. The van der Waals surface area contributed by atoms with Crippen LogP contribution in [0.1, 0.15) is 28.8 Å². The number of aromatic carboxylic acids is 1. The Hall–Kier alpha value is -2.83. The van der Waals surface area contributed by atoms with Crippen LogP contribution in [0.15, 0.2) is 71.2 Å². The number of halogens is 1. The number of ether oxygens (including phenoxy) is 1. The van der Waals surface area contributed by atoms with Crippen LogP contribution in [0.5, 0.6) is 11.5 Å². The Bertz CT molecular complexity index is 1110. The second kappa shape index (κ2) is 8.36. The Morgan fingerprint density at radius 2 is 1.77 bits per heavy atom. The highest BCUT2D eigenvalue weighted by Crippen LogP contribution is 2.50. The number of carbonyl (C=O) groups is 1. The summed E-state index contributed by atoms with van der Waals surface area (Å²) in [5.41, 5.74) is 3.34. The summed E-state index contributed by atoms with van der Waals surface area (Å²) < 4.78 is 7.01. The van der Waals surface area contributed by atoms with Crippen molar-refractivity contribution in [2.24, 2.45) is 0 Å². The summed E-state index contributed by atoms with van der Waals surface area (Å²) in [5, 5.41) is 9.70. The van der Waals surface area contributed by atoms with Crippen LogP contribution in [0.4, 0.5) is 11.4 Å². The average Bonchev–Trinajstić information content (AvgIpc) is 2.78. The van der Waals surface area contributed by atoms with Gasteiger partial charge in [-0.25, -0.2) is 4.79 Å². The lowest BCUT2D eigenvalue weighted by molar-refractivity contribution is 0.0694. The Labute approximate surface area is 190 Å².